The molecule has 1 aliphatic heterocycles. The van der Waals surface area contributed by atoms with Gasteiger partial charge in [0.15, 0.2) is 0 Å². The standard InChI is InChI=1S/C15H23NO/c1-11-5-4-6-14(12(11)2)15(16-3)9-13-7-8-17-10-13/h4-6,13,15-16H,7-10H2,1-3H3. The molecular weight excluding hydrogens is 210 g/mol. The highest BCUT2D eigenvalue weighted by atomic mass is 16.5. The second-order valence-electron chi connectivity index (χ2n) is 5.10. The summed E-state index contributed by atoms with van der Waals surface area (Å²) in [5, 5.41) is 3.46. The van der Waals surface area contributed by atoms with Gasteiger partial charge in [0, 0.05) is 19.3 Å². The minimum absolute atomic E-state index is 0.460. The number of ether oxygens (including phenoxy) is 1. The van der Waals surface area contributed by atoms with Crippen LogP contribution in [0.5, 0.6) is 0 Å². The van der Waals surface area contributed by atoms with Crippen LogP contribution in [-0.4, -0.2) is 20.3 Å². The van der Waals surface area contributed by atoms with Gasteiger partial charge in [0.2, 0.25) is 0 Å². The highest BCUT2D eigenvalue weighted by Crippen LogP contribution is 2.28. The molecule has 0 spiro atoms. The fraction of sp³-hybridized carbons (Fsp3) is 0.600. The lowest BCUT2D eigenvalue weighted by atomic mass is 9.90. The third-order valence-electron chi connectivity index (χ3n) is 3.96. The molecule has 1 aromatic rings. The molecule has 0 bridgehead atoms. The third kappa shape index (κ3) is 2.88. The Hall–Kier alpha value is -0.860. The maximum absolute atomic E-state index is 5.46. The summed E-state index contributed by atoms with van der Waals surface area (Å²) in [6, 6.07) is 7.05. The van der Waals surface area contributed by atoms with Crippen LogP contribution < -0.4 is 5.32 Å². The molecule has 2 unspecified atom stereocenters. The van der Waals surface area contributed by atoms with Crippen LogP contribution in [0.1, 0.15) is 35.6 Å². The van der Waals surface area contributed by atoms with Crippen molar-refractivity contribution in [3.05, 3.63) is 34.9 Å². The average Bonchev–Trinajstić information content (AvgIpc) is 2.83. The van der Waals surface area contributed by atoms with Crippen molar-refractivity contribution >= 4 is 0 Å². The smallest absolute Gasteiger partial charge is 0.0495 e. The molecule has 2 heteroatoms. The van der Waals surface area contributed by atoms with Gasteiger partial charge in [-0.25, -0.2) is 0 Å². The fourth-order valence-corrected chi connectivity index (χ4v) is 2.65. The van der Waals surface area contributed by atoms with Gasteiger partial charge in [-0.2, -0.15) is 0 Å². The first-order valence-corrected chi connectivity index (χ1v) is 6.53. The minimum atomic E-state index is 0.460. The van der Waals surface area contributed by atoms with Crippen LogP contribution >= 0.6 is 0 Å². The zero-order chi connectivity index (χ0) is 12.3. The molecule has 94 valence electrons. The molecule has 1 aliphatic rings. The maximum atomic E-state index is 5.46. The van der Waals surface area contributed by atoms with Crippen LogP contribution in [0, 0.1) is 19.8 Å². The molecule has 0 aromatic heterocycles. The lowest BCUT2D eigenvalue weighted by molar-refractivity contribution is 0.181. The summed E-state index contributed by atoms with van der Waals surface area (Å²) in [7, 11) is 2.06. The predicted molar refractivity (Wildman–Crippen MR) is 71.3 cm³/mol. The molecule has 1 aromatic carbocycles. The second-order valence-corrected chi connectivity index (χ2v) is 5.10. The maximum Gasteiger partial charge on any atom is 0.0495 e. The van der Waals surface area contributed by atoms with Gasteiger partial charge in [-0.05, 0) is 56.3 Å². The molecule has 0 amide bonds. The van der Waals surface area contributed by atoms with Crippen molar-refractivity contribution in [2.45, 2.75) is 32.7 Å². The summed E-state index contributed by atoms with van der Waals surface area (Å²) < 4.78 is 5.46. The molecule has 0 radical (unpaired) electrons. The Balaban J connectivity index is 2.13. The summed E-state index contributed by atoms with van der Waals surface area (Å²) in [6.07, 6.45) is 2.39. The third-order valence-corrected chi connectivity index (χ3v) is 3.96. The Kier molecular flexibility index (Phi) is 4.19. The van der Waals surface area contributed by atoms with Crippen molar-refractivity contribution in [2.75, 3.05) is 20.3 Å². The lowest BCUT2D eigenvalue weighted by Gasteiger charge is -2.22. The Labute approximate surface area is 104 Å². The van der Waals surface area contributed by atoms with Gasteiger partial charge < -0.3 is 10.1 Å². The summed E-state index contributed by atoms with van der Waals surface area (Å²) in [5.74, 6) is 0.715. The molecular formula is C15H23NO. The number of hydrogen-bond acceptors (Lipinski definition) is 2. The number of nitrogens with one attached hydrogen (secondary N) is 1. The van der Waals surface area contributed by atoms with Crippen LogP contribution in [0.4, 0.5) is 0 Å². The van der Waals surface area contributed by atoms with Crippen molar-refractivity contribution in [3.63, 3.8) is 0 Å². The molecule has 17 heavy (non-hydrogen) atoms. The van der Waals surface area contributed by atoms with Crippen molar-refractivity contribution in [2.24, 2.45) is 5.92 Å². The van der Waals surface area contributed by atoms with Crippen molar-refractivity contribution in [1.29, 1.82) is 0 Å². The monoisotopic (exact) mass is 233 g/mol. The van der Waals surface area contributed by atoms with E-state index < -0.39 is 0 Å². The largest absolute Gasteiger partial charge is 0.381 e. The molecule has 1 N–H and O–H groups in total. The zero-order valence-corrected chi connectivity index (χ0v) is 11.1. The van der Waals surface area contributed by atoms with E-state index in [4.69, 9.17) is 4.74 Å². The summed E-state index contributed by atoms with van der Waals surface area (Å²) in [6.45, 7) is 6.28. The second kappa shape index (κ2) is 5.65. The molecule has 1 saturated heterocycles. The van der Waals surface area contributed by atoms with Gasteiger partial charge in [0.05, 0.1) is 0 Å². The van der Waals surface area contributed by atoms with E-state index in [0.29, 0.717) is 12.0 Å². The van der Waals surface area contributed by atoms with Crippen LogP contribution in [0.2, 0.25) is 0 Å². The van der Waals surface area contributed by atoms with E-state index in [1.807, 2.05) is 0 Å². The fourth-order valence-electron chi connectivity index (χ4n) is 2.65. The van der Waals surface area contributed by atoms with E-state index in [9.17, 15) is 0 Å². The van der Waals surface area contributed by atoms with Gasteiger partial charge in [-0.3, -0.25) is 0 Å². The predicted octanol–water partition coefficient (Wildman–Crippen LogP) is 2.99. The van der Waals surface area contributed by atoms with E-state index in [2.05, 4.69) is 44.4 Å². The SMILES string of the molecule is CNC(CC1CCOC1)c1cccc(C)c1C. The Morgan fingerprint density at radius 3 is 2.88 bits per heavy atom. The Bertz CT molecular complexity index is 369. The Morgan fingerprint density at radius 2 is 2.24 bits per heavy atom. The molecule has 2 rings (SSSR count). The molecule has 2 nitrogen and oxygen atoms in total. The van der Waals surface area contributed by atoms with Crippen LogP contribution in [0.3, 0.4) is 0 Å². The van der Waals surface area contributed by atoms with Gasteiger partial charge in [0.25, 0.3) is 0 Å². The summed E-state index contributed by atoms with van der Waals surface area (Å²) in [5.41, 5.74) is 4.25. The van der Waals surface area contributed by atoms with Crippen molar-refractivity contribution < 1.29 is 4.74 Å². The van der Waals surface area contributed by atoms with E-state index in [1.54, 1.807) is 0 Å². The lowest BCUT2D eigenvalue weighted by Crippen LogP contribution is -2.21. The first-order valence-electron chi connectivity index (χ1n) is 6.53. The summed E-state index contributed by atoms with van der Waals surface area (Å²) in [4.78, 5) is 0. The van der Waals surface area contributed by atoms with Crippen molar-refractivity contribution in [1.82, 2.24) is 5.32 Å². The van der Waals surface area contributed by atoms with Crippen LogP contribution in [0.15, 0.2) is 18.2 Å². The van der Waals surface area contributed by atoms with Crippen LogP contribution in [0.25, 0.3) is 0 Å². The van der Waals surface area contributed by atoms with Gasteiger partial charge in [-0.15, -0.1) is 0 Å². The average molecular weight is 233 g/mol. The molecule has 2 atom stereocenters. The number of rotatable bonds is 4. The van der Waals surface area contributed by atoms with E-state index >= 15 is 0 Å². The molecule has 0 aliphatic carbocycles. The zero-order valence-electron chi connectivity index (χ0n) is 11.1. The van der Waals surface area contributed by atoms with E-state index in [-0.39, 0.29) is 0 Å². The number of benzene rings is 1. The highest BCUT2D eigenvalue weighted by Gasteiger charge is 2.21. The van der Waals surface area contributed by atoms with E-state index in [1.165, 1.54) is 29.5 Å². The number of aryl methyl sites for hydroxylation is 1. The quantitative estimate of drug-likeness (QED) is 0.863. The number of hydrogen-bond donors (Lipinski definition) is 1. The Morgan fingerprint density at radius 1 is 1.41 bits per heavy atom. The highest BCUT2D eigenvalue weighted by molar-refractivity contribution is 5.35. The normalized spacial score (nSPS) is 21.7. The summed E-state index contributed by atoms with van der Waals surface area (Å²) >= 11 is 0. The molecule has 0 saturated carbocycles. The molecule has 1 heterocycles. The van der Waals surface area contributed by atoms with Crippen molar-refractivity contribution in [3.8, 4) is 0 Å². The van der Waals surface area contributed by atoms with E-state index in [0.717, 1.165) is 13.2 Å². The van der Waals surface area contributed by atoms with Gasteiger partial charge in [0.1, 0.15) is 0 Å². The topological polar surface area (TPSA) is 21.3 Å². The minimum Gasteiger partial charge on any atom is -0.381 e. The first kappa shape index (κ1) is 12.6. The molecule has 1 fully saturated rings. The van der Waals surface area contributed by atoms with Gasteiger partial charge in [-0.1, -0.05) is 18.2 Å². The van der Waals surface area contributed by atoms with Gasteiger partial charge >= 0.3 is 0 Å². The van der Waals surface area contributed by atoms with Crippen LogP contribution in [-0.2, 0) is 4.74 Å². The first-order chi connectivity index (χ1) is 8.22.